The molecule has 1 heterocycles. The summed E-state index contributed by atoms with van der Waals surface area (Å²) in [6, 6.07) is 11.6. The van der Waals surface area contributed by atoms with Crippen LogP contribution in [0.25, 0.3) is 0 Å². The molecule has 1 N–H and O–H groups in total. The number of hydrogen-bond acceptors (Lipinski definition) is 2. The van der Waals surface area contributed by atoms with Gasteiger partial charge in [-0.2, -0.15) is 0 Å². The average molecular weight is 327 g/mol. The second-order valence-corrected chi connectivity index (χ2v) is 6.82. The number of amides is 1. The highest BCUT2D eigenvalue weighted by Crippen LogP contribution is 2.40. The SMILES string of the molecule is CCc1ccc2c(c1)[C@H](NC(=O)c1ccc(F)cc1)CC(C)(C)O2. The second-order valence-electron chi connectivity index (χ2n) is 6.82. The van der Waals surface area contributed by atoms with Gasteiger partial charge in [0.15, 0.2) is 0 Å². The van der Waals surface area contributed by atoms with Crippen LogP contribution in [0.5, 0.6) is 5.75 Å². The minimum absolute atomic E-state index is 0.132. The van der Waals surface area contributed by atoms with Crippen LogP contribution in [0.4, 0.5) is 4.39 Å². The molecule has 0 radical (unpaired) electrons. The Bertz CT molecular complexity index is 753. The summed E-state index contributed by atoms with van der Waals surface area (Å²) < 4.78 is 19.1. The molecule has 0 unspecified atom stereocenters. The molecule has 1 aliphatic heterocycles. The zero-order valence-electron chi connectivity index (χ0n) is 14.2. The molecular weight excluding hydrogens is 305 g/mol. The monoisotopic (exact) mass is 327 g/mol. The van der Waals surface area contributed by atoms with Crippen LogP contribution in [0.2, 0.25) is 0 Å². The zero-order chi connectivity index (χ0) is 17.3. The third kappa shape index (κ3) is 3.42. The van der Waals surface area contributed by atoms with Gasteiger partial charge in [0.25, 0.3) is 5.91 Å². The van der Waals surface area contributed by atoms with Crippen molar-refractivity contribution in [1.29, 1.82) is 0 Å². The van der Waals surface area contributed by atoms with Crippen molar-refractivity contribution in [3.63, 3.8) is 0 Å². The van der Waals surface area contributed by atoms with Gasteiger partial charge in [-0.3, -0.25) is 4.79 Å². The van der Waals surface area contributed by atoms with Gasteiger partial charge in [-0.15, -0.1) is 0 Å². The van der Waals surface area contributed by atoms with Crippen molar-refractivity contribution in [3.05, 3.63) is 65.0 Å². The molecule has 3 nitrogen and oxygen atoms in total. The van der Waals surface area contributed by atoms with Gasteiger partial charge in [-0.1, -0.05) is 19.1 Å². The van der Waals surface area contributed by atoms with Crippen molar-refractivity contribution >= 4 is 5.91 Å². The molecule has 2 aromatic rings. The summed E-state index contributed by atoms with van der Waals surface area (Å²) in [5.74, 6) is 0.259. The van der Waals surface area contributed by atoms with E-state index in [0.29, 0.717) is 12.0 Å². The van der Waals surface area contributed by atoms with Crippen molar-refractivity contribution < 1.29 is 13.9 Å². The summed E-state index contributed by atoms with van der Waals surface area (Å²) in [5.41, 5.74) is 2.30. The van der Waals surface area contributed by atoms with E-state index in [2.05, 4.69) is 24.4 Å². The quantitative estimate of drug-likeness (QED) is 0.906. The van der Waals surface area contributed by atoms with Crippen LogP contribution in [0, 0.1) is 5.82 Å². The molecule has 4 heteroatoms. The maximum Gasteiger partial charge on any atom is 0.251 e. The number of ether oxygens (including phenoxy) is 1. The third-order valence-electron chi connectivity index (χ3n) is 4.35. The maximum absolute atomic E-state index is 13.0. The van der Waals surface area contributed by atoms with Gasteiger partial charge in [-0.05, 0) is 56.2 Å². The Balaban J connectivity index is 1.89. The molecule has 0 aliphatic carbocycles. The van der Waals surface area contributed by atoms with Crippen LogP contribution >= 0.6 is 0 Å². The van der Waals surface area contributed by atoms with Gasteiger partial charge in [0.1, 0.15) is 17.2 Å². The first-order valence-corrected chi connectivity index (χ1v) is 8.26. The lowest BCUT2D eigenvalue weighted by Crippen LogP contribution is -2.41. The van der Waals surface area contributed by atoms with E-state index in [1.807, 2.05) is 19.9 Å². The summed E-state index contributed by atoms with van der Waals surface area (Å²) in [6.45, 7) is 6.13. The molecule has 1 amide bonds. The normalized spacial score (nSPS) is 18.4. The van der Waals surface area contributed by atoms with Gasteiger partial charge >= 0.3 is 0 Å². The van der Waals surface area contributed by atoms with E-state index in [0.717, 1.165) is 17.7 Å². The molecule has 0 bridgehead atoms. The maximum atomic E-state index is 13.0. The summed E-state index contributed by atoms with van der Waals surface area (Å²) in [5, 5.41) is 3.08. The van der Waals surface area contributed by atoms with Crippen LogP contribution in [-0.2, 0) is 6.42 Å². The van der Waals surface area contributed by atoms with Crippen LogP contribution < -0.4 is 10.1 Å². The molecule has 1 aliphatic rings. The van der Waals surface area contributed by atoms with Crippen molar-refractivity contribution in [2.24, 2.45) is 0 Å². The molecule has 0 spiro atoms. The zero-order valence-corrected chi connectivity index (χ0v) is 14.2. The summed E-state index contributed by atoms with van der Waals surface area (Å²) in [7, 11) is 0. The van der Waals surface area contributed by atoms with Crippen LogP contribution in [0.1, 0.15) is 54.7 Å². The van der Waals surface area contributed by atoms with E-state index in [9.17, 15) is 9.18 Å². The Labute approximate surface area is 141 Å². The van der Waals surface area contributed by atoms with E-state index in [-0.39, 0.29) is 23.4 Å². The topological polar surface area (TPSA) is 38.3 Å². The van der Waals surface area contributed by atoms with Gasteiger partial charge in [0.05, 0.1) is 6.04 Å². The van der Waals surface area contributed by atoms with Crippen LogP contribution in [0.15, 0.2) is 42.5 Å². The fourth-order valence-corrected chi connectivity index (χ4v) is 3.10. The van der Waals surface area contributed by atoms with E-state index in [1.54, 1.807) is 0 Å². The van der Waals surface area contributed by atoms with E-state index in [4.69, 9.17) is 4.74 Å². The smallest absolute Gasteiger partial charge is 0.251 e. The molecule has 0 saturated heterocycles. The van der Waals surface area contributed by atoms with Gasteiger partial charge in [0, 0.05) is 17.5 Å². The van der Waals surface area contributed by atoms with Gasteiger partial charge in [-0.25, -0.2) is 4.39 Å². The molecule has 1 atom stereocenters. The van der Waals surface area contributed by atoms with Crippen molar-refractivity contribution in [2.75, 3.05) is 0 Å². The molecular formula is C20H22FNO2. The largest absolute Gasteiger partial charge is 0.487 e. The number of benzene rings is 2. The molecule has 126 valence electrons. The minimum Gasteiger partial charge on any atom is -0.487 e. The average Bonchev–Trinajstić information content (AvgIpc) is 2.54. The molecule has 24 heavy (non-hydrogen) atoms. The number of aryl methyl sites for hydroxylation is 1. The standard InChI is InChI=1S/C20H22FNO2/c1-4-13-5-10-18-16(11-13)17(12-20(2,3)24-18)22-19(23)14-6-8-15(21)9-7-14/h5-11,17H,4,12H2,1-3H3,(H,22,23)/t17-/m1/s1. The summed E-state index contributed by atoms with van der Waals surface area (Å²) >= 11 is 0. The van der Waals surface area contributed by atoms with Crippen LogP contribution in [-0.4, -0.2) is 11.5 Å². The molecule has 3 rings (SSSR count). The fourth-order valence-electron chi connectivity index (χ4n) is 3.10. The van der Waals surface area contributed by atoms with E-state index >= 15 is 0 Å². The summed E-state index contributed by atoms with van der Waals surface area (Å²) in [4.78, 5) is 12.5. The minimum atomic E-state index is -0.360. The number of carbonyl (C=O) groups is 1. The van der Waals surface area contributed by atoms with E-state index in [1.165, 1.54) is 29.8 Å². The highest BCUT2D eigenvalue weighted by atomic mass is 19.1. The Morgan fingerprint density at radius 3 is 2.62 bits per heavy atom. The Morgan fingerprint density at radius 2 is 1.96 bits per heavy atom. The molecule has 0 aromatic heterocycles. The number of nitrogens with one attached hydrogen (secondary N) is 1. The fraction of sp³-hybridized carbons (Fsp3) is 0.350. The Kier molecular flexibility index (Phi) is 4.31. The molecule has 0 fully saturated rings. The molecule has 2 aromatic carbocycles. The molecule has 0 saturated carbocycles. The summed E-state index contributed by atoms with van der Waals surface area (Å²) in [6.07, 6.45) is 1.61. The van der Waals surface area contributed by atoms with Gasteiger partial charge < -0.3 is 10.1 Å². The number of fused-ring (bicyclic) bond motifs is 1. The predicted octanol–water partition coefficient (Wildman–Crippen LogP) is 4.42. The lowest BCUT2D eigenvalue weighted by Gasteiger charge is -2.38. The highest BCUT2D eigenvalue weighted by molar-refractivity contribution is 5.94. The van der Waals surface area contributed by atoms with Crippen molar-refractivity contribution in [3.8, 4) is 5.75 Å². The predicted molar refractivity (Wildman–Crippen MR) is 91.8 cm³/mol. The van der Waals surface area contributed by atoms with E-state index < -0.39 is 0 Å². The number of rotatable bonds is 3. The van der Waals surface area contributed by atoms with Crippen molar-refractivity contribution in [2.45, 2.75) is 45.3 Å². The third-order valence-corrected chi connectivity index (χ3v) is 4.35. The lowest BCUT2D eigenvalue weighted by molar-refractivity contribution is 0.0619. The first kappa shape index (κ1) is 16.5. The highest BCUT2D eigenvalue weighted by Gasteiger charge is 2.34. The first-order chi connectivity index (χ1) is 11.4. The van der Waals surface area contributed by atoms with Crippen LogP contribution in [0.3, 0.4) is 0 Å². The Morgan fingerprint density at radius 1 is 1.25 bits per heavy atom. The second kappa shape index (κ2) is 6.27. The van der Waals surface area contributed by atoms with Crippen molar-refractivity contribution in [1.82, 2.24) is 5.32 Å². The number of carbonyl (C=O) groups excluding carboxylic acids is 1. The van der Waals surface area contributed by atoms with Gasteiger partial charge in [0.2, 0.25) is 0 Å². The number of halogens is 1. The lowest BCUT2D eigenvalue weighted by atomic mass is 9.88. The number of hydrogen-bond donors (Lipinski definition) is 1. The first-order valence-electron chi connectivity index (χ1n) is 8.26. The Hall–Kier alpha value is -2.36.